The van der Waals surface area contributed by atoms with Crippen LogP contribution in [0.3, 0.4) is 0 Å². The Bertz CT molecular complexity index is 1570. The highest BCUT2D eigenvalue weighted by molar-refractivity contribution is 5.98. The first-order chi connectivity index (χ1) is 21.6. The highest BCUT2D eigenvalue weighted by Gasteiger charge is 2.26. The van der Waals surface area contributed by atoms with Gasteiger partial charge >= 0.3 is 0 Å². The number of hydrogen-bond donors (Lipinski definition) is 1. The summed E-state index contributed by atoms with van der Waals surface area (Å²) < 4.78 is 19.2. The minimum absolute atomic E-state index is 0.0150. The predicted octanol–water partition coefficient (Wildman–Crippen LogP) is 5.00. The number of imidazole rings is 1. The molecule has 0 spiro atoms. The zero-order valence-corrected chi connectivity index (χ0v) is 25.4. The molecule has 1 fully saturated rings. The molecule has 0 radical (unpaired) electrons. The summed E-state index contributed by atoms with van der Waals surface area (Å²) in [7, 11) is 1.64. The van der Waals surface area contributed by atoms with Crippen LogP contribution in [0.2, 0.25) is 0 Å². The molecule has 2 amide bonds. The van der Waals surface area contributed by atoms with E-state index in [1.807, 2.05) is 70.7 Å². The van der Waals surface area contributed by atoms with Gasteiger partial charge in [0.05, 0.1) is 13.7 Å². The molecular weight excluding hydrogens is 558 g/mol. The second-order valence-electron chi connectivity index (χ2n) is 11.5. The number of aromatic amines is 1. The Labute approximate surface area is 257 Å². The van der Waals surface area contributed by atoms with Gasteiger partial charge in [0, 0.05) is 74.2 Å². The van der Waals surface area contributed by atoms with Crippen LogP contribution in [0.1, 0.15) is 42.6 Å². The molecule has 44 heavy (non-hydrogen) atoms. The van der Waals surface area contributed by atoms with E-state index in [0.29, 0.717) is 51.7 Å². The molecule has 10 nitrogen and oxygen atoms in total. The molecule has 2 aliphatic heterocycles. The summed E-state index contributed by atoms with van der Waals surface area (Å²) in [6, 6.07) is 15.6. The molecule has 0 atom stereocenters. The van der Waals surface area contributed by atoms with Crippen LogP contribution in [0.25, 0.3) is 22.3 Å². The van der Waals surface area contributed by atoms with E-state index in [4.69, 9.17) is 14.2 Å². The minimum Gasteiger partial charge on any atom is -0.497 e. The summed E-state index contributed by atoms with van der Waals surface area (Å²) in [4.78, 5) is 39.2. The Morgan fingerprint density at radius 1 is 0.909 bits per heavy atom. The smallest absolute Gasteiger partial charge is 0.270 e. The zero-order valence-electron chi connectivity index (χ0n) is 25.4. The van der Waals surface area contributed by atoms with Crippen molar-refractivity contribution in [3.8, 4) is 22.9 Å². The fourth-order valence-electron chi connectivity index (χ4n) is 6.16. The Hall–Kier alpha value is -4.31. The highest BCUT2D eigenvalue weighted by atomic mass is 16.5. The van der Waals surface area contributed by atoms with E-state index in [-0.39, 0.29) is 17.7 Å². The molecule has 0 saturated carbocycles. The molecular formula is C34H41N5O5. The molecule has 4 aromatic rings. The zero-order chi connectivity index (χ0) is 30.3. The molecule has 6 rings (SSSR count). The van der Waals surface area contributed by atoms with Crippen LogP contribution in [0.5, 0.6) is 11.5 Å². The van der Waals surface area contributed by atoms with E-state index in [9.17, 15) is 9.59 Å². The molecule has 232 valence electrons. The number of rotatable bonds is 3. The third-order valence-electron chi connectivity index (χ3n) is 8.60. The van der Waals surface area contributed by atoms with Crippen molar-refractivity contribution in [3.05, 3.63) is 66.6 Å². The monoisotopic (exact) mass is 599 g/mol. The average Bonchev–Trinajstić information content (AvgIpc) is 3.71. The van der Waals surface area contributed by atoms with Gasteiger partial charge in [-0.1, -0.05) is 12.1 Å². The Morgan fingerprint density at radius 2 is 1.73 bits per heavy atom. The number of methoxy groups -OCH3 is 1. The fourth-order valence-corrected chi connectivity index (χ4v) is 6.16. The van der Waals surface area contributed by atoms with Crippen molar-refractivity contribution in [3.63, 3.8) is 0 Å². The van der Waals surface area contributed by atoms with Crippen LogP contribution in [-0.2, 0) is 16.1 Å². The normalized spacial score (nSPS) is 17.5. The highest BCUT2D eigenvalue weighted by Crippen LogP contribution is 2.25. The molecule has 4 heterocycles. The van der Waals surface area contributed by atoms with Crippen molar-refractivity contribution in [1.29, 1.82) is 0 Å². The van der Waals surface area contributed by atoms with Gasteiger partial charge in [-0.25, -0.2) is 4.98 Å². The molecule has 1 saturated heterocycles. The number of ether oxygens (including phenoxy) is 3. The van der Waals surface area contributed by atoms with Crippen LogP contribution in [-0.4, -0.2) is 89.3 Å². The molecule has 1 N–H and O–H groups in total. The van der Waals surface area contributed by atoms with E-state index in [1.165, 1.54) is 0 Å². The summed E-state index contributed by atoms with van der Waals surface area (Å²) in [5.41, 5.74) is 2.43. The molecule has 2 aliphatic rings. The van der Waals surface area contributed by atoms with Crippen molar-refractivity contribution >= 4 is 22.7 Å². The van der Waals surface area contributed by atoms with Crippen LogP contribution in [0.4, 0.5) is 0 Å². The van der Waals surface area contributed by atoms with Gasteiger partial charge in [-0.15, -0.1) is 0 Å². The Balaban J connectivity index is 1.23. The number of carbonyl (C=O) groups excluding carboxylic acids is 2. The van der Waals surface area contributed by atoms with Gasteiger partial charge in [0.1, 0.15) is 29.6 Å². The maximum Gasteiger partial charge on any atom is 0.270 e. The number of nitrogens with one attached hydrogen (secondary N) is 1. The number of fused-ring (bicyclic) bond motifs is 5. The van der Waals surface area contributed by atoms with Gasteiger partial charge in [-0.05, 0) is 68.5 Å². The summed E-state index contributed by atoms with van der Waals surface area (Å²) >= 11 is 0. The van der Waals surface area contributed by atoms with Crippen molar-refractivity contribution in [2.24, 2.45) is 5.92 Å². The molecule has 2 bridgehead atoms. The first kappa shape index (κ1) is 29.7. The molecule has 2 aromatic carbocycles. The SMILES string of the molecule is COc1ccc2[nH]c(C(=O)N3CCCCN(C(=O)C4CCOCC4)CCOc4cccc(c4)-c4nccn4CCC3)cc2c1. The Kier molecular flexibility index (Phi) is 9.45. The predicted molar refractivity (Wildman–Crippen MR) is 168 cm³/mol. The van der Waals surface area contributed by atoms with Gasteiger partial charge in [-0.2, -0.15) is 0 Å². The third kappa shape index (κ3) is 6.91. The minimum atomic E-state index is -0.0276. The van der Waals surface area contributed by atoms with Gasteiger partial charge in [0.15, 0.2) is 0 Å². The second-order valence-corrected chi connectivity index (χ2v) is 11.5. The third-order valence-corrected chi connectivity index (χ3v) is 8.60. The quantitative estimate of drug-likeness (QED) is 0.356. The summed E-state index contributed by atoms with van der Waals surface area (Å²) in [6.45, 7) is 4.72. The lowest BCUT2D eigenvalue weighted by molar-refractivity contribution is -0.139. The van der Waals surface area contributed by atoms with Crippen LogP contribution in [0.15, 0.2) is 60.9 Å². The lowest BCUT2D eigenvalue weighted by atomic mass is 9.98. The number of nitrogens with zero attached hydrogens (tertiary/aromatic N) is 4. The first-order valence-electron chi connectivity index (χ1n) is 15.7. The Morgan fingerprint density at radius 3 is 2.57 bits per heavy atom. The lowest BCUT2D eigenvalue weighted by Crippen LogP contribution is -2.41. The largest absolute Gasteiger partial charge is 0.497 e. The molecule has 2 aromatic heterocycles. The van der Waals surface area contributed by atoms with Crippen molar-refractivity contribution < 1.29 is 23.8 Å². The van der Waals surface area contributed by atoms with Crippen LogP contribution in [0, 0.1) is 5.92 Å². The summed E-state index contributed by atoms with van der Waals surface area (Å²) in [5, 5.41) is 0.938. The number of benzene rings is 2. The lowest BCUT2D eigenvalue weighted by Gasteiger charge is -2.30. The number of aryl methyl sites for hydroxylation is 1. The second kappa shape index (κ2) is 14.0. The molecule has 0 aliphatic carbocycles. The number of H-pyrrole nitrogens is 1. The van der Waals surface area contributed by atoms with Crippen molar-refractivity contribution in [2.45, 2.75) is 38.6 Å². The standard InChI is InChI=1S/C34H41N5O5/c1-42-28-8-9-30-27(23-28)24-31(36-30)34(41)38-13-2-3-14-39(33(40)25-10-19-43-20-11-25)18-21-44-29-7-4-6-26(22-29)32-35-12-17-37(32)15-5-16-38/h4,6-9,12,17,22-25,36H,2-3,5,10-11,13-16,18-21H2,1H3. The van der Waals surface area contributed by atoms with E-state index in [2.05, 4.69) is 14.5 Å². The fraction of sp³-hybridized carbons (Fsp3) is 0.441. The van der Waals surface area contributed by atoms with Gasteiger partial charge in [0.2, 0.25) is 5.91 Å². The molecule has 0 unspecified atom stereocenters. The average molecular weight is 600 g/mol. The maximum atomic E-state index is 13.9. The number of amides is 2. The van der Waals surface area contributed by atoms with Crippen molar-refractivity contribution in [1.82, 2.24) is 24.3 Å². The summed E-state index contributed by atoms with van der Waals surface area (Å²) in [5.74, 6) is 2.50. The van der Waals surface area contributed by atoms with Crippen molar-refractivity contribution in [2.75, 3.05) is 53.1 Å². The van der Waals surface area contributed by atoms with E-state index >= 15 is 0 Å². The van der Waals surface area contributed by atoms with Gasteiger partial charge in [-0.3, -0.25) is 9.59 Å². The first-order valence-corrected chi connectivity index (χ1v) is 15.7. The molecule has 10 heteroatoms. The number of carbonyl (C=O) groups is 2. The van der Waals surface area contributed by atoms with E-state index < -0.39 is 0 Å². The van der Waals surface area contributed by atoms with Gasteiger partial charge in [0.25, 0.3) is 5.91 Å². The van der Waals surface area contributed by atoms with E-state index in [0.717, 1.165) is 72.4 Å². The van der Waals surface area contributed by atoms with E-state index in [1.54, 1.807) is 7.11 Å². The van der Waals surface area contributed by atoms with Crippen LogP contribution >= 0.6 is 0 Å². The van der Waals surface area contributed by atoms with Gasteiger partial charge < -0.3 is 33.6 Å². The maximum absolute atomic E-state index is 13.9. The number of aromatic nitrogens is 3. The van der Waals surface area contributed by atoms with Crippen LogP contribution < -0.4 is 9.47 Å². The topological polar surface area (TPSA) is 102 Å². The summed E-state index contributed by atoms with van der Waals surface area (Å²) in [6.07, 6.45) is 7.65. The number of hydrogen-bond acceptors (Lipinski definition) is 6.